The number of carbonyl (C=O) groups excluding carboxylic acids is 4. The molecule has 23 nitrogen and oxygen atoms in total. The van der Waals surface area contributed by atoms with Crippen LogP contribution in [0.25, 0.3) is 90.1 Å². The number of amides is 4. The van der Waals surface area contributed by atoms with Crippen molar-refractivity contribution in [3.05, 3.63) is 315 Å². The maximum Gasteiger partial charge on any atom is 0.267 e. The van der Waals surface area contributed by atoms with E-state index in [2.05, 4.69) is 61.6 Å². The van der Waals surface area contributed by atoms with Gasteiger partial charge in [0.05, 0.1) is 82.2 Å². The summed E-state index contributed by atoms with van der Waals surface area (Å²) < 4.78 is 78.6. The van der Waals surface area contributed by atoms with Crippen molar-refractivity contribution in [1.29, 1.82) is 0 Å². The van der Waals surface area contributed by atoms with Crippen molar-refractivity contribution in [1.82, 2.24) is 59.1 Å². The Morgan fingerprint density at radius 1 is 0.331 bits per heavy atom. The Bertz CT molecular complexity index is 6260. The van der Waals surface area contributed by atoms with E-state index >= 15 is 0 Å². The van der Waals surface area contributed by atoms with E-state index in [1.165, 1.54) is 53.0 Å². The molecule has 0 saturated heterocycles. The number of nitrogens with one attached hydrogen (secondary N) is 4. The molecule has 10 heterocycles. The van der Waals surface area contributed by atoms with Crippen molar-refractivity contribution in [3.8, 4) is 107 Å². The van der Waals surface area contributed by atoms with Gasteiger partial charge in [-0.1, -0.05) is 66.7 Å². The van der Waals surface area contributed by atoms with Crippen LogP contribution in [0.1, 0.15) is 51.2 Å². The Morgan fingerprint density at radius 2 is 0.627 bits per heavy atom. The fraction of sp³-hybridized carbons (Fsp3) is 0.101. The van der Waals surface area contributed by atoms with Gasteiger partial charge in [-0.25, -0.2) is 37.5 Å². The number of anilines is 4. The fourth-order valence-electron chi connectivity index (χ4n) is 12.5. The Labute approximate surface area is 682 Å². The number of hydrogen-bond acceptors (Lipinski definition) is 17. The largest absolute Gasteiger partial charge is 0.496 e. The molecule has 0 unspecified atom stereocenters. The number of para-hydroxylation sites is 3. The number of benzene rings is 6. The van der Waals surface area contributed by atoms with E-state index in [0.717, 1.165) is 114 Å². The third-order valence-electron chi connectivity index (χ3n) is 18.5. The van der Waals surface area contributed by atoms with E-state index < -0.39 is 34.8 Å². The van der Waals surface area contributed by atoms with Crippen LogP contribution < -0.4 is 35.5 Å². The van der Waals surface area contributed by atoms with Crippen LogP contribution in [-0.4, -0.2) is 104 Å². The monoisotopic (exact) mass is 1620 g/mol. The van der Waals surface area contributed by atoms with Crippen molar-refractivity contribution in [2.45, 2.75) is 13.8 Å². The summed E-state index contributed by atoms with van der Waals surface area (Å²) in [6, 6.07) is 64.3. The van der Waals surface area contributed by atoms with Gasteiger partial charge in [-0.15, -0.1) is 22.7 Å². The fourth-order valence-corrected chi connectivity index (χ4v) is 14.1. The standard InChI is InChI=1S/C23H18F2N4O2.C23H19FN4O2.C22H20N4O2S.C21H17FN4OS/c1-29-19(12-18(28-29)15-6-3-4-9-20(15)31-2)14-10-11-21(26-13-14)27-23(30)22-16(24)7-5-8-17(22)25;1-28-20(13-19(27-28)17-8-4-6-10-21(17)30-2)15-11-12-22(25-14-15)26-23(29)16-7-3-5-9-18(16)24;1-14-10-11-29-21(14)22(27)24-20-9-8-15(13-23-20)18-12-17(25-26(18)2)16-6-4-5-7-19(16)28-3;1-13-9-10-28-20(13)21(27)24-19-8-7-14(12-23-19)18-11-17(25-26(18)2)15-5-3-4-6-16(15)22/h3-13H,1-2H3,(H,26,27,30);3-14H,1-2H3,(H,25,26,29);4-13H,1-3H3,(H,23,24,27);3-12H,1-2H3,(H,23,24,27). The molecule has 6 aromatic carbocycles. The molecule has 592 valence electrons. The number of carbonyl (C=O) groups is 4. The summed E-state index contributed by atoms with van der Waals surface area (Å²) in [5, 5.41) is 32.6. The maximum absolute atomic E-state index is 14.0. The molecule has 4 N–H and O–H groups in total. The molecule has 0 saturated carbocycles. The summed E-state index contributed by atoms with van der Waals surface area (Å²) in [6.07, 6.45) is 6.59. The van der Waals surface area contributed by atoms with Gasteiger partial charge in [-0.2, -0.15) is 20.4 Å². The van der Waals surface area contributed by atoms with E-state index in [4.69, 9.17) is 14.2 Å². The first kappa shape index (κ1) is 81.2. The molecule has 10 aromatic heterocycles. The lowest BCUT2D eigenvalue weighted by atomic mass is 10.1. The minimum Gasteiger partial charge on any atom is -0.496 e. The van der Waals surface area contributed by atoms with Gasteiger partial charge in [0.15, 0.2) is 0 Å². The summed E-state index contributed by atoms with van der Waals surface area (Å²) >= 11 is 2.82. The summed E-state index contributed by atoms with van der Waals surface area (Å²) in [7, 11) is 12.2. The number of ether oxygens (including phenoxy) is 3. The minimum atomic E-state index is -0.937. The van der Waals surface area contributed by atoms with Crippen LogP contribution in [0.3, 0.4) is 0 Å². The highest BCUT2D eigenvalue weighted by Crippen LogP contribution is 2.37. The quantitative estimate of drug-likeness (QED) is 0.0548. The zero-order valence-electron chi connectivity index (χ0n) is 64.9. The predicted molar refractivity (Wildman–Crippen MR) is 450 cm³/mol. The number of thiophene rings is 2. The SMILES string of the molecule is COc1ccccc1-c1cc(-c2ccc(NC(=O)c3c(F)cccc3F)nc2)n(C)n1.COc1ccccc1-c1cc(-c2ccc(NC(=O)c3ccccc3F)nc2)n(C)n1.COc1ccccc1-c1cc(-c2ccc(NC(=O)c3sccc3C)nc2)n(C)n1.Cc1ccsc1C(=O)Nc1ccc(-c2cc(-c3ccccc3F)nn2C)cn1. The molecule has 16 aromatic rings. The van der Waals surface area contributed by atoms with Crippen LogP contribution in [0.5, 0.6) is 17.2 Å². The van der Waals surface area contributed by atoms with Crippen molar-refractivity contribution in [2.24, 2.45) is 28.2 Å². The highest BCUT2D eigenvalue weighted by Gasteiger charge is 2.23. The third-order valence-corrected chi connectivity index (χ3v) is 20.5. The number of aryl methyl sites for hydroxylation is 6. The molecule has 0 atom stereocenters. The molecule has 4 amide bonds. The second kappa shape index (κ2) is 37.0. The van der Waals surface area contributed by atoms with Gasteiger partial charge in [0.25, 0.3) is 23.6 Å². The Hall–Kier alpha value is -14.8. The summed E-state index contributed by atoms with van der Waals surface area (Å²) in [5.41, 5.74) is 13.9. The Kier molecular flexibility index (Phi) is 25.4. The van der Waals surface area contributed by atoms with Crippen molar-refractivity contribution in [2.75, 3.05) is 42.6 Å². The van der Waals surface area contributed by atoms with Gasteiger partial charge in [0.1, 0.15) is 69.4 Å². The zero-order valence-corrected chi connectivity index (χ0v) is 66.5. The molecule has 0 spiro atoms. The number of aromatic nitrogens is 12. The Morgan fingerprint density at radius 3 is 0.941 bits per heavy atom. The molecule has 118 heavy (non-hydrogen) atoms. The second-order valence-corrected chi connectivity index (χ2v) is 28.1. The number of methoxy groups -OCH3 is 3. The minimum absolute atomic E-state index is 0.0311. The lowest BCUT2D eigenvalue weighted by Crippen LogP contribution is -2.16. The summed E-state index contributed by atoms with van der Waals surface area (Å²) in [5.74, 6) is -0.820. The van der Waals surface area contributed by atoms with Crippen molar-refractivity contribution >= 4 is 69.6 Å². The molecule has 0 aliphatic heterocycles. The van der Waals surface area contributed by atoms with Crippen LogP contribution in [0.4, 0.5) is 40.8 Å². The molecule has 0 aliphatic rings. The third kappa shape index (κ3) is 18.8. The molecule has 29 heteroatoms. The van der Waals surface area contributed by atoms with Gasteiger partial charge in [0.2, 0.25) is 0 Å². The van der Waals surface area contributed by atoms with Gasteiger partial charge in [-0.3, -0.25) is 37.9 Å². The average Bonchev–Trinajstić information content (AvgIpc) is 1.65. The first-order chi connectivity index (χ1) is 57.1. The van der Waals surface area contributed by atoms with Gasteiger partial charge in [-0.05, 0) is 193 Å². The molecule has 16 rings (SSSR count). The molecular weight excluding hydrogens is 1550 g/mol. The highest BCUT2D eigenvalue weighted by molar-refractivity contribution is 7.12. The molecule has 0 fully saturated rings. The van der Waals surface area contributed by atoms with Gasteiger partial charge >= 0.3 is 0 Å². The number of nitrogens with zero attached hydrogens (tertiary/aromatic N) is 12. The number of hydrogen-bond donors (Lipinski definition) is 4. The van der Waals surface area contributed by atoms with E-state index in [1.807, 2.05) is 178 Å². The summed E-state index contributed by atoms with van der Waals surface area (Å²) in [4.78, 5) is 67.7. The van der Waals surface area contributed by atoms with Crippen LogP contribution in [0.2, 0.25) is 0 Å². The van der Waals surface area contributed by atoms with Gasteiger partial charge in [0, 0.05) is 97.5 Å². The first-order valence-electron chi connectivity index (χ1n) is 36.3. The van der Waals surface area contributed by atoms with Crippen LogP contribution in [-0.2, 0) is 28.2 Å². The number of rotatable bonds is 19. The van der Waals surface area contributed by atoms with E-state index in [9.17, 15) is 36.7 Å². The van der Waals surface area contributed by atoms with E-state index in [-0.39, 0.29) is 29.0 Å². The predicted octanol–water partition coefficient (Wildman–Crippen LogP) is 18.9. The number of pyridine rings is 4. The van der Waals surface area contributed by atoms with E-state index in [0.29, 0.717) is 44.2 Å². The highest BCUT2D eigenvalue weighted by atomic mass is 32.1. The van der Waals surface area contributed by atoms with Crippen LogP contribution >= 0.6 is 22.7 Å². The van der Waals surface area contributed by atoms with Crippen molar-refractivity contribution < 1.29 is 51.0 Å². The van der Waals surface area contributed by atoms with E-state index in [1.54, 1.807) is 122 Å². The number of halogens is 4. The van der Waals surface area contributed by atoms with Crippen molar-refractivity contribution in [3.63, 3.8) is 0 Å². The molecular formula is C89H74F4N16O7S2. The average molecular weight is 1620 g/mol. The van der Waals surface area contributed by atoms with Crippen LogP contribution in [0, 0.1) is 37.1 Å². The maximum atomic E-state index is 14.0. The zero-order chi connectivity index (χ0) is 83.1. The molecule has 0 radical (unpaired) electrons. The lowest BCUT2D eigenvalue weighted by Gasteiger charge is -2.07. The van der Waals surface area contributed by atoms with Crippen LogP contribution in [0.15, 0.2) is 260 Å². The lowest BCUT2D eigenvalue weighted by molar-refractivity contribution is 0.101. The second-order valence-electron chi connectivity index (χ2n) is 26.2. The first-order valence-corrected chi connectivity index (χ1v) is 38.1. The smallest absolute Gasteiger partial charge is 0.267 e. The van der Waals surface area contributed by atoms with Gasteiger partial charge < -0.3 is 35.5 Å². The Balaban J connectivity index is 0.000000136. The normalized spacial score (nSPS) is 10.7. The molecule has 0 bridgehead atoms. The topological polar surface area (TPSA) is 267 Å². The summed E-state index contributed by atoms with van der Waals surface area (Å²) in [6.45, 7) is 3.82. The molecule has 0 aliphatic carbocycles.